The van der Waals surface area contributed by atoms with E-state index in [2.05, 4.69) is 25.2 Å². The molecule has 2 atom stereocenters. The second-order valence-electron chi connectivity index (χ2n) is 11.3. The van der Waals surface area contributed by atoms with Crippen LogP contribution in [0, 0.1) is 5.82 Å². The maximum atomic E-state index is 14.7. The Kier molecular flexibility index (Phi) is 6.51. The van der Waals surface area contributed by atoms with Gasteiger partial charge in [0.2, 0.25) is 0 Å². The van der Waals surface area contributed by atoms with Crippen LogP contribution in [0.1, 0.15) is 37.7 Å². The van der Waals surface area contributed by atoms with Crippen molar-refractivity contribution >= 4 is 34.3 Å². The summed E-state index contributed by atoms with van der Waals surface area (Å²) in [6.45, 7) is 6.73. The Balaban J connectivity index is 1.28. The Morgan fingerprint density at radius 2 is 1.93 bits per heavy atom. The minimum absolute atomic E-state index is 0.00720. The number of benzene rings is 2. The maximum Gasteiger partial charge on any atom is 0.410 e. The van der Waals surface area contributed by atoms with E-state index in [4.69, 9.17) is 9.47 Å². The van der Waals surface area contributed by atoms with Gasteiger partial charge in [0.25, 0.3) is 5.91 Å². The summed E-state index contributed by atoms with van der Waals surface area (Å²) in [4.78, 5) is 42.2. The second-order valence-corrected chi connectivity index (χ2v) is 11.3. The van der Waals surface area contributed by atoms with Crippen molar-refractivity contribution in [2.24, 2.45) is 0 Å². The zero-order valence-corrected chi connectivity index (χ0v) is 23.3. The summed E-state index contributed by atoms with van der Waals surface area (Å²) in [5.74, 6) is -0.688. The van der Waals surface area contributed by atoms with Gasteiger partial charge in [0.1, 0.15) is 22.9 Å². The molecule has 10 nitrogen and oxygen atoms in total. The first-order valence-corrected chi connectivity index (χ1v) is 13.5. The van der Waals surface area contributed by atoms with Crippen LogP contribution < -0.4 is 15.0 Å². The Hall–Kier alpha value is -4.67. The average molecular weight is 559 g/mol. The number of nitrogens with zero attached hydrogens (tertiary/aromatic N) is 4. The van der Waals surface area contributed by atoms with Crippen LogP contribution >= 0.6 is 0 Å². The number of anilines is 2. The Bertz CT molecular complexity index is 1650. The van der Waals surface area contributed by atoms with Crippen LogP contribution in [0.4, 0.5) is 20.6 Å². The molecule has 0 aliphatic carbocycles. The number of aromatic nitrogens is 3. The molecular weight excluding hydrogens is 527 g/mol. The fraction of sp³-hybridized carbons (Fsp3) is 0.333. The molecule has 2 N–H and O–H groups in total. The van der Waals surface area contributed by atoms with Gasteiger partial charge >= 0.3 is 6.09 Å². The van der Waals surface area contributed by atoms with E-state index in [1.165, 1.54) is 31.5 Å². The Labute approximate surface area is 236 Å². The lowest BCUT2D eigenvalue weighted by Crippen LogP contribution is -2.50. The molecule has 2 fully saturated rings. The molecule has 2 aromatic heterocycles. The fourth-order valence-corrected chi connectivity index (χ4v) is 5.70. The van der Waals surface area contributed by atoms with E-state index in [0.29, 0.717) is 18.8 Å². The van der Waals surface area contributed by atoms with E-state index in [1.807, 2.05) is 45.2 Å². The van der Waals surface area contributed by atoms with Crippen molar-refractivity contribution < 1.29 is 23.5 Å². The van der Waals surface area contributed by atoms with Gasteiger partial charge < -0.3 is 29.6 Å². The van der Waals surface area contributed by atoms with Gasteiger partial charge in [0.15, 0.2) is 5.82 Å². The zero-order valence-electron chi connectivity index (χ0n) is 23.3. The number of aromatic amines is 1. The van der Waals surface area contributed by atoms with Gasteiger partial charge in [-0.05, 0) is 63.6 Å². The minimum Gasteiger partial charge on any atom is -0.496 e. The van der Waals surface area contributed by atoms with E-state index in [0.717, 1.165) is 23.0 Å². The fourth-order valence-electron chi connectivity index (χ4n) is 5.70. The SMILES string of the molecule is COc1cccc(F)c1-c1nccc(C(=O)Nc2ccc3[nH]ccc3c2N2CC3CC2CN3C(=O)OC(C)(C)C)n1. The molecule has 2 bridgehead atoms. The van der Waals surface area contributed by atoms with Crippen LogP contribution in [0.5, 0.6) is 5.75 Å². The van der Waals surface area contributed by atoms with Gasteiger partial charge in [-0.2, -0.15) is 0 Å². The Morgan fingerprint density at radius 3 is 2.66 bits per heavy atom. The number of methoxy groups -OCH3 is 1. The molecule has 4 heterocycles. The van der Waals surface area contributed by atoms with E-state index in [9.17, 15) is 14.0 Å². The summed E-state index contributed by atoms with van der Waals surface area (Å²) >= 11 is 0. The van der Waals surface area contributed by atoms with Crippen LogP contribution in [-0.4, -0.2) is 69.7 Å². The van der Waals surface area contributed by atoms with Crippen LogP contribution in [-0.2, 0) is 4.74 Å². The topological polar surface area (TPSA) is 113 Å². The van der Waals surface area contributed by atoms with Gasteiger partial charge in [-0.25, -0.2) is 19.2 Å². The number of piperazine rings is 1. The van der Waals surface area contributed by atoms with Crippen LogP contribution in [0.25, 0.3) is 22.3 Å². The third kappa shape index (κ3) is 4.92. The molecular formula is C30H31FN6O4. The average Bonchev–Trinajstić information content (AvgIpc) is 3.68. The number of amides is 2. The molecule has 41 heavy (non-hydrogen) atoms. The number of rotatable bonds is 5. The van der Waals surface area contributed by atoms with E-state index >= 15 is 0 Å². The number of nitrogens with one attached hydrogen (secondary N) is 2. The molecule has 212 valence electrons. The quantitative estimate of drug-likeness (QED) is 0.345. The lowest BCUT2D eigenvalue weighted by Gasteiger charge is -2.37. The van der Waals surface area contributed by atoms with Gasteiger partial charge in [-0.1, -0.05) is 6.07 Å². The number of carbonyl (C=O) groups is 2. The zero-order chi connectivity index (χ0) is 28.9. The number of likely N-dealkylation sites (tertiary alicyclic amines) is 1. The van der Waals surface area contributed by atoms with Gasteiger partial charge in [0, 0.05) is 42.4 Å². The van der Waals surface area contributed by atoms with E-state index in [-0.39, 0.29) is 41.0 Å². The van der Waals surface area contributed by atoms with Gasteiger partial charge in [0.05, 0.1) is 30.1 Å². The van der Waals surface area contributed by atoms with Gasteiger partial charge in [-0.15, -0.1) is 0 Å². The lowest BCUT2D eigenvalue weighted by atomic mass is 10.1. The Morgan fingerprint density at radius 1 is 1.10 bits per heavy atom. The van der Waals surface area contributed by atoms with Crippen molar-refractivity contribution in [3.8, 4) is 17.1 Å². The normalized spacial score (nSPS) is 18.2. The summed E-state index contributed by atoms with van der Waals surface area (Å²) in [6.07, 6.45) is 3.79. The number of carbonyl (C=O) groups excluding carboxylic acids is 2. The molecule has 2 aliphatic rings. The highest BCUT2D eigenvalue weighted by atomic mass is 19.1. The van der Waals surface area contributed by atoms with Crippen LogP contribution in [0.2, 0.25) is 0 Å². The molecule has 4 aromatic rings. The molecule has 0 spiro atoms. The highest BCUT2D eigenvalue weighted by Crippen LogP contribution is 2.42. The summed E-state index contributed by atoms with van der Waals surface area (Å²) in [7, 11) is 1.44. The highest BCUT2D eigenvalue weighted by Gasteiger charge is 2.47. The molecule has 2 aromatic carbocycles. The number of fused-ring (bicyclic) bond motifs is 3. The monoisotopic (exact) mass is 558 g/mol. The van der Waals surface area contributed by atoms with Crippen molar-refractivity contribution in [1.29, 1.82) is 0 Å². The maximum absolute atomic E-state index is 14.7. The van der Waals surface area contributed by atoms with E-state index in [1.54, 1.807) is 11.0 Å². The number of H-pyrrole nitrogens is 1. The third-order valence-electron chi connectivity index (χ3n) is 7.42. The standard InChI is InChI=1S/C30H31FN6O4/c1-30(2,3)41-29(39)37-16-17-14-18(37)15-36(17)26-19-10-12-32-21(19)8-9-22(26)35-28(38)23-11-13-33-27(34-23)25-20(31)6-5-7-24(25)40-4/h5-13,17-18,32H,14-16H2,1-4H3,(H,35,38). The minimum atomic E-state index is -0.564. The highest BCUT2D eigenvalue weighted by molar-refractivity contribution is 6.09. The number of halogens is 1. The largest absolute Gasteiger partial charge is 0.496 e. The predicted molar refractivity (Wildman–Crippen MR) is 153 cm³/mol. The molecule has 2 amide bonds. The number of hydrogen-bond acceptors (Lipinski definition) is 7. The van der Waals surface area contributed by atoms with Crippen LogP contribution in [0.15, 0.2) is 54.9 Å². The molecule has 2 unspecified atom stereocenters. The summed E-state index contributed by atoms with van der Waals surface area (Å²) in [6, 6.07) is 11.7. The predicted octanol–water partition coefficient (Wildman–Crippen LogP) is 5.22. The van der Waals surface area contributed by atoms with E-state index < -0.39 is 17.3 Å². The first-order valence-electron chi connectivity index (χ1n) is 13.5. The van der Waals surface area contributed by atoms with Gasteiger partial charge in [-0.3, -0.25) is 4.79 Å². The van der Waals surface area contributed by atoms with Crippen molar-refractivity contribution in [3.63, 3.8) is 0 Å². The van der Waals surface area contributed by atoms with Crippen molar-refractivity contribution in [3.05, 3.63) is 66.4 Å². The molecule has 11 heteroatoms. The van der Waals surface area contributed by atoms with Crippen molar-refractivity contribution in [2.75, 3.05) is 30.4 Å². The van der Waals surface area contributed by atoms with Crippen molar-refractivity contribution in [1.82, 2.24) is 19.9 Å². The second kappa shape index (κ2) is 10.1. The van der Waals surface area contributed by atoms with Crippen molar-refractivity contribution in [2.45, 2.75) is 44.9 Å². The summed E-state index contributed by atoms with van der Waals surface area (Å²) in [5.41, 5.74) is 2.02. The lowest BCUT2D eigenvalue weighted by molar-refractivity contribution is 0.0215. The molecule has 6 rings (SSSR count). The first-order chi connectivity index (χ1) is 19.6. The molecule has 2 aliphatic heterocycles. The molecule has 0 saturated carbocycles. The third-order valence-corrected chi connectivity index (χ3v) is 7.42. The summed E-state index contributed by atoms with van der Waals surface area (Å²) < 4.78 is 25.6. The van der Waals surface area contributed by atoms with Crippen LogP contribution in [0.3, 0.4) is 0 Å². The summed E-state index contributed by atoms with van der Waals surface area (Å²) in [5, 5.41) is 3.97. The smallest absolute Gasteiger partial charge is 0.410 e. The first kappa shape index (κ1) is 26.5. The number of ether oxygens (including phenoxy) is 2. The molecule has 2 saturated heterocycles. The molecule has 0 radical (unpaired) electrons. The number of hydrogen-bond donors (Lipinski definition) is 2.